The number of amides is 1. The number of hydrogen-bond donors (Lipinski definition) is 3. The molecule has 1 amide bonds. The minimum Gasteiger partial charge on any atom is -0.382 e. The summed E-state index contributed by atoms with van der Waals surface area (Å²) < 4.78 is 47.9. The Hall–Kier alpha value is -3.51. The van der Waals surface area contributed by atoms with E-state index < -0.39 is 23.2 Å². The SMILES string of the molecule is Cc1ccc(C(O)(C(N)=O)C(F)(F)F)cc1-c1cnc(N)c(-c2cnn(C3CCOCC3)c2)n1. The number of aromatic nitrogens is 4. The van der Waals surface area contributed by atoms with Crippen molar-refractivity contribution in [2.75, 3.05) is 18.9 Å². The maximum atomic E-state index is 13.6. The lowest BCUT2D eigenvalue weighted by molar-refractivity contribution is -0.255. The van der Waals surface area contributed by atoms with Crippen LogP contribution < -0.4 is 11.5 Å². The number of primary amides is 1. The molecule has 1 unspecified atom stereocenters. The number of halogens is 3. The maximum absolute atomic E-state index is 13.6. The fourth-order valence-electron chi connectivity index (χ4n) is 3.92. The van der Waals surface area contributed by atoms with Gasteiger partial charge >= 0.3 is 6.18 Å². The van der Waals surface area contributed by atoms with Gasteiger partial charge in [-0.1, -0.05) is 12.1 Å². The van der Waals surface area contributed by atoms with E-state index in [2.05, 4.69) is 15.1 Å². The standard InChI is InChI=1S/C22H23F3N6O3/c1-12-2-3-14(21(33,20(27)32)22(23,24)25)8-16(12)17-10-28-19(26)18(30-17)13-9-29-31(11-13)15-4-6-34-7-5-15/h2-3,8-11,15,33H,4-7H2,1H3,(H2,26,28)(H2,27,32). The van der Waals surface area contributed by atoms with E-state index in [4.69, 9.17) is 16.2 Å². The van der Waals surface area contributed by atoms with E-state index >= 15 is 0 Å². The van der Waals surface area contributed by atoms with Crippen LogP contribution in [-0.4, -0.2) is 50.2 Å². The summed E-state index contributed by atoms with van der Waals surface area (Å²) in [5.41, 5.74) is 8.27. The maximum Gasteiger partial charge on any atom is 0.430 e. The molecule has 2 aromatic heterocycles. The number of hydrogen-bond acceptors (Lipinski definition) is 7. The van der Waals surface area contributed by atoms with E-state index in [-0.39, 0.29) is 23.1 Å². The van der Waals surface area contributed by atoms with Gasteiger partial charge in [-0.25, -0.2) is 9.97 Å². The molecule has 3 heterocycles. The Morgan fingerprint density at radius 2 is 1.94 bits per heavy atom. The van der Waals surface area contributed by atoms with Crippen molar-refractivity contribution >= 4 is 11.7 Å². The monoisotopic (exact) mass is 476 g/mol. The number of benzene rings is 1. The highest BCUT2D eigenvalue weighted by atomic mass is 19.4. The first-order chi connectivity index (χ1) is 16.0. The van der Waals surface area contributed by atoms with Crippen LogP contribution in [0.2, 0.25) is 0 Å². The van der Waals surface area contributed by atoms with E-state index in [1.54, 1.807) is 19.3 Å². The van der Waals surface area contributed by atoms with Gasteiger partial charge in [-0.15, -0.1) is 0 Å². The molecule has 0 radical (unpaired) electrons. The Morgan fingerprint density at radius 3 is 2.59 bits per heavy atom. The molecule has 180 valence electrons. The zero-order chi connectivity index (χ0) is 24.7. The van der Waals surface area contributed by atoms with E-state index in [0.717, 1.165) is 25.0 Å². The number of carbonyl (C=O) groups excluding carboxylic acids is 1. The van der Waals surface area contributed by atoms with Crippen LogP contribution in [0.5, 0.6) is 0 Å². The molecule has 1 aliphatic rings. The lowest BCUT2D eigenvalue weighted by Crippen LogP contribution is -2.52. The number of carbonyl (C=O) groups is 1. The molecule has 4 rings (SSSR count). The topological polar surface area (TPSA) is 142 Å². The van der Waals surface area contributed by atoms with E-state index in [1.165, 1.54) is 12.3 Å². The van der Waals surface area contributed by atoms with E-state index in [0.29, 0.717) is 30.0 Å². The van der Waals surface area contributed by atoms with Crippen LogP contribution in [-0.2, 0) is 15.1 Å². The predicted octanol–water partition coefficient (Wildman–Crippen LogP) is 2.48. The molecule has 0 spiro atoms. The highest BCUT2D eigenvalue weighted by molar-refractivity contribution is 5.86. The second kappa shape index (κ2) is 8.69. The second-order valence-electron chi connectivity index (χ2n) is 8.14. The first-order valence-electron chi connectivity index (χ1n) is 10.5. The average molecular weight is 476 g/mol. The van der Waals surface area contributed by atoms with E-state index in [9.17, 15) is 23.1 Å². The molecule has 9 nitrogen and oxygen atoms in total. The van der Waals surface area contributed by atoms with E-state index in [1.807, 2.05) is 4.68 Å². The third-order valence-corrected chi connectivity index (χ3v) is 5.94. The zero-order valence-electron chi connectivity index (χ0n) is 18.2. The first kappa shape index (κ1) is 23.6. The number of nitrogen functional groups attached to an aromatic ring is 1. The number of alkyl halides is 3. The van der Waals surface area contributed by atoms with Gasteiger partial charge in [0, 0.05) is 36.1 Å². The Labute approximate surface area is 192 Å². The fourth-order valence-corrected chi connectivity index (χ4v) is 3.92. The van der Waals surface area contributed by atoms with Gasteiger partial charge in [0.05, 0.1) is 24.1 Å². The van der Waals surface area contributed by atoms with Crippen molar-refractivity contribution in [3.05, 3.63) is 47.9 Å². The third-order valence-electron chi connectivity index (χ3n) is 5.94. The van der Waals surface area contributed by atoms with Crippen LogP contribution in [0, 0.1) is 6.92 Å². The summed E-state index contributed by atoms with van der Waals surface area (Å²) in [6, 6.07) is 3.54. The van der Waals surface area contributed by atoms with Crippen molar-refractivity contribution in [3.8, 4) is 22.5 Å². The van der Waals surface area contributed by atoms with Gasteiger partial charge < -0.3 is 21.3 Å². The zero-order valence-corrected chi connectivity index (χ0v) is 18.2. The molecule has 1 fully saturated rings. The normalized spacial score (nSPS) is 16.9. The fraction of sp³-hybridized carbons (Fsp3) is 0.364. The van der Waals surface area contributed by atoms with Crippen LogP contribution in [0.4, 0.5) is 19.0 Å². The summed E-state index contributed by atoms with van der Waals surface area (Å²) in [7, 11) is 0. The van der Waals surface area contributed by atoms with Gasteiger partial charge in [-0.3, -0.25) is 9.48 Å². The predicted molar refractivity (Wildman–Crippen MR) is 116 cm³/mol. The number of anilines is 1. The molecule has 3 aromatic rings. The molecule has 1 saturated heterocycles. The Morgan fingerprint density at radius 1 is 1.24 bits per heavy atom. The Balaban J connectivity index is 1.76. The first-order valence-corrected chi connectivity index (χ1v) is 10.5. The minimum absolute atomic E-state index is 0.119. The second-order valence-corrected chi connectivity index (χ2v) is 8.14. The molecule has 0 bridgehead atoms. The molecule has 34 heavy (non-hydrogen) atoms. The molecule has 1 aliphatic heterocycles. The van der Waals surface area contributed by atoms with Gasteiger partial charge in [-0.2, -0.15) is 18.3 Å². The number of rotatable bonds is 5. The lowest BCUT2D eigenvalue weighted by Gasteiger charge is -2.28. The summed E-state index contributed by atoms with van der Waals surface area (Å²) in [5.74, 6) is -1.81. The number of aliphatic hydroxyl groups is 1. The van der Waals surface area contributed by atoms with Crippen LogP contribution in [0.1, 0.15) is 30.0 Å². The molecule has 1 aromatic carbocycles. The summed E-state index contributed by atoms with van der Waals surface area (Å²) >= 11 is 0. The minimum atomic E-state index is -5.32. The van der Waals surface area contributed by atoms with Gasteiger partial charge in [0.15, 0.2) is 0 Å². The van der Waals surface area contributed by atoms with Crippen molar-refractivity contribution in [2.45, 2.75) is 37.6 Å². The van der Waals surface area contributed by atoms with Crippen molar-refractivity contribution in [2.24, 2.45) is 5.73 Å². The van der Waals surface area contributed by atoms with Crippen LogP contribution >= 0.6 is 0 Å². The molecule has 1 atom stereocenters. The summed E-state index contributed by atoms with van der Waals surface area (Å²) in [6.45, 7) is 2.93. The van der Waals surface area contributed by atoms with Crippen molar-refractivity contribution in [1.29, 1.82) is 0 Å². The Bertz CT molecular complexity index is 1220. The van der Waals surface area contributed by atoms with Gasteiger partial charge in [-0.05, 0) is 31.4 Å². The quantitative estimate of drug-likeness (QED) is 0.513. The van der Waals surface area contributed by atoms with Crippen molar-refractivity contribution in [1.82, 2.24) is 19.7 Å². The van der Waals surface area contributed by atoms with Crippen LogP contribution in [0.3, 0.4) is 0 Å². The van der Waals surface area contributed by atoms with Crippen molar-refractivity contribution < 1.29 is 27.8 Å². The van der Waals surface area contributed by atoms with Crippen LogP contribution in [0.15, 0.2) is 36.8 Å². The Kier molecular flexibility index (Phi) is 6.04. The molecule has 0 aliphatic carbocycles. The highest BCUT2D eigenvalue weighted by Gasteiger charge is 2.60. The number of ether oxygens (including phenoxy) is 1. The number of aryl methyl sites for hydroxylation is 1. The number of nitrogens with zero attached hydrogens (tertiary/aromatic N) is 4. The largest absolute Gasteiger partial charge is 0.430 e. The van der Waals surface area contributed by atoms with Gasteiger partial charge in [0.25, 0.3) is 11.5 Å². The third kappa shape index (κ3) is 4.10. The van der Waals surface area contributed by atoms with Gasteiger partial charge in [0.2, 0.25) is 0 Å². The smallest absolute Gasteiger partial charge is 0.382 e. The van der Waals surface area contributed by atoms with Crippen LogP contribution in [0.25, 0.3) is 22.5 Å². The molecular formula is C22H23F3N6O3. The summed E-state index contributed by atoms with van der Waals surface area (Å²) in [6.07, 6.45) is 1.01. The molecule has 0 saturated carbocycles. The lowest BCUT2D eigenvalue weighted by atomic mass is 9.89. The number of nitrogens with two attached hydrogens (primary N) is 2. The highest BCUT2D eigenvalue weighted by Crippen LogP contribution is 2.40. The van der Waals surface area contributed by atoms with Gasteiger partial charge in [0.1, 0.15) is 11.5 Å². The summed E-state index contributed by atoms with van der Waals surface area (Å²) in [5, 5.41) is 14.6. The molecule has 12 heteroatoms. The van der Waals surface area contributed by atoms with Crippen molar-refractivity contribution in [3.63, 3.8) is 0 Å². The molecular weight excluding hydrogens is 453 g/mol. The molecule has 5 N–H and O–H groups in total. The average Bonchev–Trinajstić information content (AvgIpc) is 3.29. The summed E-state index contributed by atoms with van der Waals surface area (Å²) in [4.78, 5) is 20.3.